The van der Waals surface area contributed by atoms with Crippen molar-refractivity contribution < 1.29 is 0 Å². The van der Waals surface area contributed by atoms with E-state index >= 15 is 0 Å². The third-order valence-corrected chi connectivity index (χ3v) is 18.1. The summed E-state index contributed by atoms with van der Waals surface area (Å²) in [5.74, 6) is 0. The molecule has 0 saturated carbocycles. The molecule has 11 aromatic rings. The molecule has 0 spiro atoms. The van der Waals surface area contributed by atoms with Crippen molar-refractivity contribution in [1.82, 2.24) is 9.13 Å². The first-order valence-corrected chi connectivity index (χ1v) is 24.4. The molecule has 4 aliphatic heterocycles. The molecule has 0 N–H and O–H groups in total. The lowest BCUT2D eigenvalue weighted by Crippen LogP contribution is -2.58. The average Bonchev–Trinajstić information content (AvgIpc) is 3.84. The van der Waals surface area contributed by atoms with Crippen LogP contribution in [0.4, 0.5) is 0 Å². The van der Waals surface area contributed by atoms with Crippen LogP contribution in [0.3, 0.4) is 0 Å². The second-order valence-electron chi connectivity index (χ2n) is 16.7. The minimum atomic E-state index is 0.234. The molecule has 286 valence electrons. The molecule has 0 amide bonds. The third kappa shape index (κ3) is 4.65. The summed E-state index contributed by atoms with van der Waals surface area (Å²) in [6, 6.07) is 68.9. The Balaban J connectivity index is 0.974. The fraction of sp³-hybridized carbons (Fsp3) is 0. The van der Waals surface area contributed by atoms with E-state index in [2.05, 4.69) is 191 Å². The van der Waals surface area contributed by atoms with E-state index < -0.39 is 0 Å². The van der Waals surface area contributed by atoms with Gasteiger partial charge in [0.2, 0.25) is 13.4 Å². The minimum Gasteiger partial charge on any atom is -0.309 e. The number of hydrogen-bond donors (Lipinski definition) is 0. The molecule has 15 rings (SSSR count). The Hall–Kier alpha value is -5.89. The van der Waals surface area contributed by atoms with Gasteiger partial charge in [-0.25, -0.2) is 0 Å². The van der Waals surface area contributed by atoms with Crippen LogP contribution in [0.1, 0.15) is 0 Å². The van der Waals surface area contributed by atoms with Crippen molar-refractivity contribution in [3.63, 3.8) is 0 Å². The van der Waals surface area contributed by atoms with Crippen LogP contribution in [0, 0.1) is 0 Å². The molecule has 8 heteroatoms. The Morgan fingerprint density at radius 3 is 0.952 bits per heavy atom. The van der Waals surface area contributed by atoms with Gasteiger partial charge in [0.1, 0.15) is 0 Å². The number of benzene rings is 9. The first-order chi connectivity index (χ1) is 30.7. The topological polar surface area (TPSA) is 9.86 Å². The lowest BCUT2D eigenvalue weighted by atomic mass is 9.36. The highest BCUT2D eigenvalue weighted by Crippen LogP contribution is 2.46. The fourth-order valence-electron chi connectivity index (χ4n) is 11.1. The van der Waals surface area contributed by atoms with Crippen LogP contribution in [-0.2, 0) is 0 Å². The van der Waals surface area contributed by atoms with Gasteiger partial charge in [-0.15, -0.1) is 0 Å². The second-order valence-corrected chi connectivity index (χ2v) is 21.0. The van der Waals surface area contributed by atoms with Crippen molar-refractivity contribution in [2.45, 2.75) is 39.2 Å². The molecule has 2 aromatic heterocycles. The number of aromatic nitrogens is 2. The van der Waals surface area contributed by atoms with E-state index in [1.54, 1.807) is 0 Å². The first kappa shape index (κ1) is 34.7. The van der Waals surface area contributed by atoms with Crippen molar-refractivity contribution >= 4 is 137 Å². The normalized spacial score (nSPS) is 14.1. The van der Waals surface area contributed by atoms with Crippen LogP contribution in [0.15, 0.2) is 221 Å². The number of nitrogens with zero attached hydrogens (tertiary/aromatic N) is 2. The summed E-state index contributed by atoms with van der Waals surface area (Å²) in [5.41, 5.74) is 15.9. The van der Waals surface area contributed by atoms with Gasteiger partial charge in [-0.2, -0.15) is 0 Å². The van der Waals surface area contributed by atoms with E-state index in [4.69, 9.17) is 0 Å². The summed E-state index contributed by atoms with van der Waals surface area (Å²) in [7, 11) is 0. The van der Waals surface area contributed by atoms with Crippen LogP contribution >= 0.6 is 47.0 Å². The predicted octanol–water partition coefficient (Wildman–Crippen LogP) is 10.8. The quantitative estimate of drug-likeness (QED) is 0.160. The van der Waals surface area contributed by atoms with Crippen molar-refractivity contribution in [3.8, 4) is 11.4 Å². The average molecular weight is 857 g/mol. The highest BCUT2D eigenvalue weighted by molar-refractivity contribution is 8.02. The van der Waals surface area contributed by atoms with E-state index in [1.807, 2.05) is 47.0 Å². The van der Waals surface area contributed by atoms with E-state index in [9.17, 15) is 0 Å². The van der Waals surface area contributed by atoms with Gasteiger partial charge in [0.15, 0.2) is 0 Å². The molecule has 9 aromatic carbocycles. The summed E-state index contributed by atoms with van der Waals surface area (Å²) >= 11 is 7.71. The number of rotatable bonds is 2. The molecule has 2 nitrogen and oxygen atoms in total. The van der Waals surface area contributed by atoms with Crippen LogP contribution in [0.5, 0.6) is 0 Å². The fourth-order valence-corrected chi connectivity index (χ4v) is 16.0. The van der Waals surface area contributed by atoms with Crippen molar-refractivity contribution in [2.24, 2.45) is 0 Å². The highest BCUT2D eigenvalue weighted by Gasteiger charge is 2.40. The SMILES string of the molecule is c1ccc2c(c1)Sc1cc(-n3c4ccccc4c4c5c6ccccc6n(-c6cc7c8c(c6)Sc6ccccc6B8c6ccccc6S7)c5ccc43)cc3c1B2c1ccccc1S3. The zero-order chi connectivity index (χ0) is 40.2. The van der Waals surface area contributed by atoms with Gasteiger partial charge >= 0.3 is 0 Å². The number of hydrogen-bond acceptors (Lipinski definition) is 4. The predicted molar refractivity (Wildman–Crippen MR) is 267 cm³/mol. The molecule has 0 bridgehead atoms. The molecule has 0 saturated heterocycles. The molecule has 0 atom stereocenters. The first-order valence-electron chi connectivity index (χ1n) is 21.1. The van der Waals surface area contributed by atoms with Crippen LogP contribution in [0.25, 0.3) is 55.0 Å². The molecule has 62 heavy (non-hydrogen) atoms. The summed E-state index contributed by atoms with van der Waals surface area (Å²) in [6.45, 7) is 0.469. The van der Waals surface area contributed by atoms with Gasteiger partial charge in [-0.1, -0.05) is 178 Å². The number of para-hydroxylation sites is 2. The van der Waals surface area contributed by atoms with Crippen LogP contribution < -0.4 is 32.8 Å². The Morgan fingerprint density at radius 2 is 0.597 bits per heavy atom. The maximum absolute atomic E-state index is 2.54. The third-order valence-electron chi connectivity index (χ3n) is 13.5. The Kier molecular flexibility index (Phi) is 7.18. The minimum absolute atomic E-state index is 0.234. The smallest absolute Gasteiger partial charge is 0.247 e. The van der Waals surface area contributed by atoms with E-state index in [0.29, 0.717) is 0 Å². The Bertz CT molecular complexity index is 3420. The van der Waals surface area contributed by atoms with Gasteiger partial charge in [0, 0.05) is 72.1 Å². The largest absolute Gasteiger partial charge is 0.309 e. The second kappa shape index (κ2) is 12.8. The molecular formula is C54H30B2N2S4. The van der Waals surface area contributed by atoms with E-state index in [-0.39, 0.29) is 13.4 Å². The summed E-state index contributed by atoms with van der Waals surface area (Å²) in [5, 5.41) is 5.16. The number of fused-ring (bicyclic) bond motifs is 15. The standard InChI is InChI=1S/C54H30B2N2S4/c1-7-19-39-33(13-1)51-41(57(39)31-27-47-53-48(28-31)60-44-22-10-4-16-36(44)55(53)35-15-3-9-21-43(35)59-47)25-26-42-52(51)34-14-2-8-20-40(34)58(42)32-29-49-54-50(30-32)62-46-24-12-6-18-38(46)56(54)37-17-5-11-23-45(37)61-49/h1-30H. The summed E-state index contributed by atoms with van der Waals surface area (Å²) in [6.07, 6.45) is 0. The maximum Gasteiger partial charge on any atom is 0.247 e. The Morgan fingerprint density at radius 1 is 0.290 bits per heavy atom. The van der Waals surface area contributed by atoms with Gasteiger partial charge < -0.3 is 9.13 Å². The van der Waals surface area contributed by atoms with Gasteiger partial charge in [-0.3, -0.25) is 0 Å². The maximum atomic E-state index is 2.54. The summed E-state index contributed by atoms with van der Waals surface area (Å²) in [4.78, 5) is 10.8. The Labute approximate surface area is 375 Å². The van der Waals surface area contributed by atoms with E-state index in [1.165, 1.54) is 127 Å². The zero-order valence-corrected chi connectivity index (χ0v) is 36.3. The summed E-state index contributed by atoms with van der Waals surface area (Å²) < 4.78 is 5.07. The van der Waals surface area contributed by atoms with Crippen molar-refractivity contribution in [2.75, 3.05) is 0 Å². The van der Waals surface area contributed by atoms with Crippen LogP contribution in [-0.4, -0.2) is 22.6 Å². The molecular weight excluding hydrogens is 826 g/mol. The zero-order valence-electron chi connectivity index (χ0n) is 33.0. The van der Waals surface area contributed by atoms with Gasteiger partial charge in [0.05, 0.1) is 22.1 Å². The van der Waals surface area contributed by atoms with E-state index in [0.717, 1.165) is 0 Å². The monoisotopic (exact) mass is 856 g/mol. The lowest BCUT2D eigenvalue weighted by Gasteiger charge is -2.33. The van der Waals surface area contributed by atoms with Gasteiger partial charge in [0.25, 0.3) is 0 Å². The van der Waals surface area contributed by atoms with Gasteiger partial charge in [-0.05, 0) is 83.7 Å². The molecule has 0 fully saturated rings. The van der Waals surface area contributed by atoms with Crippen molar-refractivity contribution in [1.29, 1.82) is 0 Å². The highest BCUT2D eigenvalue weighted by atomic mass is 32.2. The molecule has 0 unspecified atom stereocenters. The van der Waals surface area contributed by atoms with Crippen molar-refractivity contribution in [3.05, 3.63) is 182 Å². The molecule has 0 aliphatic carbocycles. The molecule has 4 aliphatic rings. The molecule has 6 heterocycles. The van der Waals surface area contributed by atoms with Crippen LogP contribution in [0.2, 0.25) is 0 Å². The lowest BCUT2D eigenvalue weighted by molar-refractivity contribution is 1.14. The molecule has 0 radical (unpaired) electrons.